The van der Waals surface area contributed by atoms with Crippen LogP contribution in [0.4, 0.5) is 0 Å². The molecule has 1 amide bonds. The van der Waals surface area contributed by atoms with Crippen molar-refractivity contribution in [3.8, 4) is 0 Å². The van der Waals surface area contributed by atoms with Crippen molar-refractivity contribution in [3.63, 3.8) is 0 Å². The van der Waals surface area contributed by atoms with Crippen LogP contribution in [-0.4, -0.2) is 49.6 Å². The predicted molar refractivity (Wildman–Crippen MR) is 73.2 cm³/mol. The highest BCUT2D eigenvalue weighted by atomic mass is 16.1. The molecule has 17 heavy (non-hydrogen) atoms. The Hall–Kier alpha value is -0.610. The molecule has 0 rings (SSSR count). The fourth-order valence-electron chi connectivity index (χ4n) is 1.62. The number of carbonyl (C=O) groups is 1. The van der Waals surface area contributed by atoms with E-state index in [0.717, 1.165) is 39.1 Å². The van der Waals surface area contributed by atoms with Gasteiger partial charge in [0.1, 0.15) is 0 Å². The van der Waals surface area contributed by atoms with Crippen LogP contribution in [0.5, 0.6) is 0 Å². The van der Waals surface area contributed by atoms with Crippen molar-refractivity contribution in [2.24, 2.45) is 0 Å². The van der Waals surface area contributed by atoms with Gasteiger partial charge in [-0.25, -0.2) is 0 Å². The van der Waals surface area contributed by atoms with E-state index in [2.05, 4.69) is 43.2 Å². The number of hydrogen-bond acceptors (Lipinski definition) is 3. The Morgan fingerprint density at radius 1 is 1.18 bits per heavy atom. The van der Waals surface area contributed by atoms with Crippen molar-refractivity contribution in [2.45, 2.75) is 46.6 Å². The van der Waals surface area contributed by atoms with Crippen molar-refractivity contribution >= 4 is 5.91 Å². The molecular formula is C13H29N3O. The van der Waals surface area contributed by atoms with Gasteiger partial charge in [-0.05, 0) is 26.1 Å². The summed E-state index contributed by atoms with van der Waals surface area (Å²) in [5, 5.41) is 6.27. The average Bonchev–Trinajstić information content (AvgIpc) is 2.30. The van der Waals surface area contributed by atoms with E-state index in [0.29, 0.717) is 12.5 Å². The third-order valence-corrected chi connectivity index (χ3v) is 2.78. The van der Waals surface area contributed by atoms with E-state index in [1.165, 1.54) is 0 Å². The topological polar surface area (TPSA) is 44.4 Å². The van der Waals surface area contributed by atoms with Gasteiger partial charge in [-0.3, -0.25) is 4.79 Å². The molecule has 0 atom stereocenters. The first-order valence-electron chi connectivity index (χ1n) is 6.82. The zero-order chi connectivity index (χ0) is 13.1. The largest absolute Gasteiger partial charge is 0.355 e. The van der Waals surface area contributed by atoms with Crippen molar-refractivity contribution in [2.75, 3.05) is 32.7 Å². The number of likely N-dealkylation sites (N-methyl/N-ethyl adjacent to an activating group) is 1. The Morgan fingerprint density at radius 2 is 1.82 bits per heavy atom. The average molecular weight is 243 g/mol. The SMILES string of the molecule is CCN(CC)CCNC(=O)CCCNC(C)C. The summed E-state index contributed by atoms with van der Waals surface area (Å²) in [5.74, 6) is 0.169. The van der Waals surface area contributed by atoms with Crippen molar-refractivity contribution in [3.05, 3.63) is 0 Å². The minimum atomic E-state index is 0.169. The zero-order valence-corrected chi connectivity index (χ0v) is 11.9. The van der Waals surface area contributed by atoms with Crippen molar-refractivity contribution in [1.29, 1.82) is 0 Å². The van der Waals surface area contributed by atoms with Crippen LogP contribution >= 0.6 is 0 Å². The first kappa shape index (κ1) is 16.4. The molecule has 4 nitrogen and oxygen atoms in total. The van der Waals surface area contributed by atoms with Gasteiger partial charge < -0.3 is 15.5 Å². The Labute approximate surface area is 106 Å². The van der Waals surface area contributed by atoms with Crippen LogP contribution in [0, 0.1) is 0 Å². The molecular weight excluding hydrogens is 214 g/mol. The van der Waals surface area contributed by atoms with Gasteiger partial charge in [0, 0.05) is 25.6 Å². The summed E-state index contributed by atoms with van der Waals surface area (Å²) in [6.45, 7) is 13.2. The van der Waals surface area contributed by atoms with Gasteiger partial charge in [0.15, 0.2) is 0 Å². The molecule has 0 aliphatic carbocycles. The summed E-state index contributed by atoms with van der Waals surface area (Å²) in [4.78, 5) is 13.8. The molecule has 0 aliphatic rings. The molecule has 0 fully saturated rings. The second-order valence-corrected chi connectivity index (χ2v) is 4.59. The van der Waals surface area contributed by atoms with E-state index in [-0.39, 0.29) is 5.91 Å². The molecule has 2 N–H and O–H groups in total. The second-order valence-electron chi connectivity index (χ2n) is 4.59. The molecule has 0 aliphatic heterocycles. The summed E-state index contributed by atoms with van der Waals surface area (Å²) < 4.78 is 0. The molecule has 0 radical (unpaired) electrons. The molecule has 0 aromatic carbocycles. The molecule has 0 unspecified atom stereocenters. The monoisotopic (exact) mass is 243 g/mol. The van der Waals surface area contributed by atoms with Crippen LogP contribution in [0.25, 0.3) is 0 Å². The lowest BCUT2D eigenvalue weighted by atomic mass is 10.2. The molecule has 102 valence electrons. The highest BCUT2D eigenvalue weighted by molar-refractivity contribution is 5.75. The Kier molecular flexibility index (Phi) is 10.2. The summed E-state index contributed by atoms with van der Waals surface area (Å²) in [6, 6.07) is 0.501. The summed E-state index contributed by atoms with van der Waals surface area (Å²) >= 11 is 0. The van der Waals surface area contributed by atoms with Gasteiger partial charge in [-0.15, -0.1) is 0 Å². The summed E-state index contributed by atoms with van der Waals surface area (Å²) in [6.07, 6.45) is 1.53. The smallest absolute Gasteiger partial charge is 0.220 e. The van der Waals surface area contributed by atoms with Gasteiger partial charge >= 0.3 is 0 Å². The molecule has 0 bridgehead atoms. The Morgan fingerprint density at radius 3 is 2.35 bits per heavy atom. The fourth-order valence-corrected chi connectivity index (χ4v) is 1.62. The van der Waals surface area contributed by atoms with Gasteiger partial charge in [0.25, 0.3) is 0 Å². The van der Waals surface area contributed by atoms with Crippen molar-refractivity contribution < 1.29 is 4.79 Å². The molecule has 0 saturated carbocycles. The van der Waals surface area contributed by atoms with E-state index in [4.69, 9.17) is 0 Å². The number of rotatable bonds is 10. The fraction of sp³-hybridized carbons (Fsp3) is 0.923. The van der Waals surface area contributed by atoms with Crippen LogP contribution in [-0.2, 0) is 4.79 Å². The highest BCUT2D eigenvalue weighted by Gasteiger charge is 2.02. The quantitative estimate of drug-likeness (QED) is 0.567. The van der Waals surface area contributed by atoms with E-state index >= 15 is 0 Å². The minimum Gasteiger partial charge on any atom is -0.355 e. The lowest BCUT2D eigenvalue weighted by molar-refractivity contribution is -0.121. The van der Waals surface area contributed by atoms with E-state index in [1.807, 2.05) is 0 Å². The van der Waals surface area contributed by atoms with Crippen molar-refractivity contribution in [1.82, 2.24) is 15.5 Å². The number of amides is 1. The first-order chi connectivity index (χ1) is 8.10. The first-order valence-corrected chi connectivity index (χ1v) is 6.82. The van der Waals surface area contributed by atoms with Gasteiger partial charge in [-0.1, -0.05) is 27.7 Å². The van der Waals surface area contributed by atoms with E-state index < -0.39 is 0 Å². The minimum absolute atomic E-state index is 0.169. The number of hydrogen-bond donors (Lipinski definition) is 2. The molecule has 0 saturated heterocycles. The third-order valence-electron chi connectivity index (χ3n) is 2.78. The second kappa shape index (κ2) is 10.5. The van der Waals surface area contributed by atoms with Crippen LogP contribution in [0.3, 0.4) is 0 Å². The van der Waals surface area contributed by atoms with Gasteiger partial charge in [0.2, 0.25) is 5.91 Å². The van der Waals surface area contributed by atoms with Crippen LogP contribution in [0.2, 0.25) is 0 Å². The predicted octanol–water partition coefficient (Wildman–Crippen LogP) is 1.22. The highest BCUT2D eigenvalue weighted by Crippen LogP contribution is 1.89. The standard InChI is InChI=1S/C13H29N3O/c1-5-16(6-2)11-10-15-13(17)8-7-9-14-12(3)4/h12,14H,5-11H2,1-4H3,(H,15,17). The van der Waals surface area contributed by atoms with Crippen LogP contribution in [0.1, 0.15) is 40.5 Å². The number of carbonyl (C=O) groups excluding carboxylic acids is 1. The van der Waals surface area contributed by atoms with Crippen LogP contribution in [0.15, 0.2) is 0 Å². The zero-order valence-electron chi connectivity index (χ0n) is 11.9. The summed E-state index contributed by atoms with van der Waals surface area (Å²) in [7, 11) is 0. The lowest BCUT2D eigenvalue weighted by Crippen LogP contribution is -2.35. The summed E-state index contributed by atoms with van der Waals surface area (Å²) in [5.41, 5.74) is 0. The molecule has 0 spiro atoms. The van der Waals surface area contributed by atoms with E-state index in [9.17, 15) is 4.79 Å². The lowest BCUT2D eigenvalue weighted by Gasteiger charge is -2.17. The molecule has 4 heteroatoms. The van der Waals surface area contributed by atoms with Crippen LogP contribution < -0.4 is 10.6 Å². The molecule has 0 aromatic heterocycles. The Balaban J connectivity index is 3.40. The van der Waals surface area contributed by atoms with E-state index in [1.54, 1.807) is 0 Å². The molecule has 0 aromatic rings. The maximum Gasteiger partial charge on any atom is 0.220 e. The maximum atomic E-state index is 11.5. The number of nitrogens with zero attached hydrogens (tertiary/aromatic N) is 1. The normalized spacial score (nSPS) is 11.2. The van der Waals surface area contributed by atoms with Gasteiger partial charge in [-0.2, -0.15) is 0 Å². The Bertz CT molecular complexity index is 191. The number of nitrogens with one attached hydrogen (secondary N) is 2. The molecule has 0 heterocycles. The maximum absolute atomic E-state index is 11.5. The third kappa shape index (κ3) is 10.3. The van der Waals surface area contributed by atoms with Gasteiger partial charge in [0.05, 0.1) is 0 Å².